The van der Waals surface area contributed by atoms with Crippen LogP contribution >= 0.6 is 0 Å². The quantitative estimate of drug-likeness (QED) is 0.474. The van der Waals surface area contributed by atoms with E-state index in [0.717, 1.165) is 24.1 Å². The summed E-state index contributed by atoms with van der Waals surface area (Å²) in [6.45, 7) is 3.26. The Morgan fingerprint density at radius 3 is 2.57 bits per heavy atom. The molecular weight excluding hydrogens is 381 g/mol. The third kappa shape index (κ3) is 4.46. The number of hydrogen-bond donors (Lipinski definition) is 1. The molecule has 0 bridgehead atoms. The monoisotopic (exact) mass is 403 g/mol. The molecule has 0 saturated carbocycles. The molecule has 152 valence electrons. The van der Waals surface area contributed by atoms with Gasteiger partial charge in [-0.3, -0.25) is 9.48 Å². The zero-order chi connectivity index (χ0) is 20.9. The molecule has 0 unspecified atom stereocenters. The van der Waals surface area contributed by atoms with Crippen molar-refractivity contribution in [1.29, 1.82) is 0 Å². The van der Waals surface area contributed by atoms with E-state index < -0.39 is 0 Å². The van der Waals surface area contributed by atoms with E-state index in [9.17, 15) is 9.18 Å². The minimum atomic E-state index is -0.320. The molecule has 0 saturated heterocycles. The van der Waals surface area contributed by atoms with Crippen LogP contribution in [0.5, 0.6) is 0 Å². The van der Waals surface area contributed by atoms with Gasteiger partial charge in [0.25, 0.3) is 5.91 Å². The normalized spacial score (nSPS) is 10.9. The summed E-state index contributed by atoms with van der Waals surface area (Å²) < 4.78 is 16.7. The highest BCUT2D eigenvalue weighted by Crippen LogP contribution is 2.24. The first-order valence-corrected chi connectivity index (χ1v) is 9.78. The van der Waals surface area contributed by atoms with Crippen molar-refractivity contribution in [3.63, 3.8) is 0 Å². The summed E-state index contributed by atoms with van der Waals surface area (Å²) in [6.07, 6.45) is 6.07. The Bertz CT molecular complexity index is 1120. The second-order valence-electron chi connectivity index (χ2n) is 7.06. The maximum atomic E-state index is 13.3. The van der Waals surface area contributed by atoms with Gasteiger partial charge in [-0.15, -0.1) is 0 Å². The molecule has 0 atom stereocenters. The summed E-state index contributed by atoms with van der Waals surface area (Å²) >= 11 is 0. The SMILES string of the molecule is Cc1ccc(-c2nn(-c3ccc(F)cc3)cc2C(=O)NCCCn2cccn2)cc1. The van der Waals surface area contributed by atoms with Crippen molar-refractivity contribution in [2.45, 2.75) is 19.9 Å². The molecular formula is C23H22FN5O. The Labute approximate surface area is 174 Å². The minimum Gasteiger partial charge on any atom is -0.352 e. The summed E-state index contributed by atoms with van der Waals surface area (Å²) in [6, 6.07) is 15.7. The molecule has 4 aromatic rings. The van der Waals surface area contributed by atoms with E-state index in [0.29, 0.717) is 23.5 Å². The standard InChI is InChI=1S/C23H22FN5O/c1-17-4-6-18(7-5-17)22-21(16-29(27-22)20-10-8-19(24)9-11-20)23(30)25-12-2-14-28-15-3-13-26-28/h3-11,13,15-16H,2,12,14H2,1H3,(H,25,30). The molecule has 1 N–H and O–H groups in total. The highest BCUT2D eigenvalue weighted by atomic mass is 19.1. The molecule has 30 heavy (non-hydrogen) atoms. The average molecular weight is 403 g/mol. The van der Waals surface area contributed by atoms with E-state index in [-0.39, 0.29) is 11.7 Å². The number of halogens is 1. The van der Waals surface area contributed by atoms with Gasteiger partial charge in [-0.2, -0.15) is 10.2 Å². The lowest BCUT2D eigenvalue weighted by Gasteiger charge is -2.06. The van der Waals surface area contributed by atoms with E-state index in [1.54, 1.807) is 29.2 Å². The number of carbonyl (C=O) groups excluding carboxylic acids is 1. The first kappa shape index (κ1) is 19.6. The van der Waals surface area contributed by atoms with Crippen molar-refractivity contribution in [2.75, 3.05) is 6.54 Å². The van der Waals surface area contributed by atoms with Crippen LogP contribution in [-0.4, -0.2) is 32.0 Å². The Morgan fingerprint density at radius 1 is 1.10 bits per heavy atom. The first-order chi connectivity index (χ1) is 14.6. The number of aromatic nitrogens is 4. The largest absolute Gasteiger partial charge is 0.352 e. The molecule has 6 nitrogen and oxygen atoms in total. The van der Waals surface area contributed by atoms with Gasteiger partial charge in [0.2, 0.25) is 0 Å². The molecule has 0 aliphatic carbocycles. The Hall–Kier alpha value is -3.74. The minimum absolute atomic E-state index is 0.195. The van der Waals surface area contributed by atoms with Crippen LogP contribution in [0.2, 0.25) is 0 Å². The number of amides is 1. The summed E-state index contributed by atoms with van der Waals surface area (Å²) in [5, 5.41) is 11.7. The molecule has 0 spiro atoms. The topological polar surface area (TPSA) is 64.7 Å². The molecule has 7 heteroatoms. The molecule has 2 aromatic heterocycles. The summed E-state index contributed by atoms with van der Waals surface area (Å²) in [5.41, 5.74) is 3.72. The lowest BCUT2D eigenvalue weighted by Crippen LogP contribution is -2.25. The van der Waals surface area contributed by atoms with Gasteiger partial charge >= 0.3 is 0 Å². The molecule has 4 rings (SSSR count). The maximum absolute atomic E-state index is 13.3. The smallest absolute Gasteiger partial charge is 0.255 e. The highest BCUT2D eigenvalue weighted by Gasteiger charge is 2.18. The molecule has 0 fully saturated rings. The zero-order valence-corrected chi connectivity index (χ0v) is 16.6. The molecule has 2 aromatic carbocycles. The van der Waals surface area contributed by atoms with Crippen molar-refractivity contribution in [3.05, 3.63) is 90.1 Å². The van der Waals surface area contributed by atoms with Crippen LogP contribution in [0, 0.1) is 12.7 Å². The predicted octanol–water partition coefficient (Wildman–Crippen LogP) is 4.00. The van der Waals surface area contributed by atoms with Crippen molar-refractivity contribution >= 4 is 5.91 Å². The van der Waals surface area contributed by atoms with Crippen LogP contribution < -0.4 is 5.32 Å². The predicted molar refractivity (Wildman–Crippen MR) is 113 cm³/mol. The lowest BCUT2D eigenvalue weighted by atomic mass is 10.1. The van der Waals surface area contributed by atoms with E-state index in [1.165, 1.54) is 12.1 Å². The van der Waals surface area contributed by atoms with Gasteiger partial charge in [-0.25, -0.2) is 9.07 Å². The zero-order valence-electron chi connectivity index (χ0n) is 16.6. The Balaban J connectivity index is 1.56. The van der Waals surface area contributed by atoms with E-state index >= 15 is 0 Å². The van der Waals surface area contributed by atoms with Crippen LogP contribution in [0.25, 0.3) is 16.9 Å². The van der Waals surface area contributed by atoms with Crippen LogP contribution in [0.15, 0.2) is 73.2 Å². The van der Waals surface area contributed by atoms with Gasteiger partial charge in [-0.1, -0.05) is 29.8 Å². The van der Waals surface area contributed by atoms with Gasteiger partial charge < -0.3 is 5.32 Å². The summed E-state index contributed by atoms with van der Waals surface area (Å²) in [7, 11) is 0. The van der Waals surface area contributed by atoms with Crippen LogP contribution in [-0.2, 0) is 6.54 Å². The van der Waals surface area contributed by atoms with E-state index in [1.807, 2.05) is 48.1 Å². The fraction of sp³-hybridized carbons (Fsp3) is 0.174. The second-order valence-corrected chi connectivity index (χ2v) is 7.06. The molecule has 1 amide bonds. The summed E-state index contributed by atoms with van der Waals surface area (Å²) in [4.78, 5) is 12.9. The van der Waals surface area contributed by atoms with Gasteiger partial charge in [0.15, 0.2) is 0 Å². The highest BCUT2D eigenvalue weighted by molar-refractivity contribution is 5.99. The number of aryl methyl sites for hydroxylation is 2. The molecule has 0 radical (unpaired) electrons. The Morgan fingerprint density at radius 2 is 1.87 bits per heavy atom. The fourth-order valence-electron chi connectivity index (χ4n) is 3.16. The van der Waals surface area contributed by atoms with Crippen molar-refractivity contribution in [3.8, 4) is 16.9 Å². The van der Waals surface area contributed by atoms with Crippen LogP contribution in [0.1, 0.15) is 22.3 Å². The molecule has 0 aliphatic rings. The van der Waals surface area contributed by atoms with Gasteiger partial charge in [0, 0.05) is 37.2 Å². The fourth-order valence-corrected chi connectivity index (χ4v) is 3.16. The number of nitrogens with one attached hydrogen (secondary N) is 1. The van der Waals surface area contributed by atoms with Gasteiger partial charge in [0.05, 0.1) is 11.3 Å². The first-order valence-electron chi connectivity index (χ1n) is 9.78. The van der Waals surface area contributed by atoms with Crippen molar-refractivity contribution in [2.24, 2.45) is 0 Å². The second kappa shape index (κ2) is 8.73. The lowest BCUT2D eigenvalue weighted by molar-refractivity contribution is 0.0953. The number of benzene rings is 2. The maximum Gasteiger partial charge on any atom is 0.255 e. The van der Waals surface area contributed by atoms with E-state index in [4.69, 9.17) is 0 Å². The third-order valence-electron chi connectivity index (χ3n) is 4.78. The summed E-state index contributed by atoms with van der Waals surface area (Å²) in [5.74, 6) is -0.515. The number of nitrogens with zero attached hydrogens (tertiary/aromatic N) is 4. The molecule has 2 heterocycles. The molecule has 0 aliphatic heterocycles. The van der Waals surface area contributed by atoms with Crippen molar-refractivity contribution < 1.29 is 9.18 Å². The number of rotatable bonds is 7. The van der Waals surface area contributed by atoms with Crippen LogP contribution in [0.3, 0.4) is 0 Å². The van der Waals surface area contributed by atoms with Gasteiger partial charge in [-0.05, 0) is 43.7 Å². The number of carbonyl (C=O) groups is 1. The third-order valence-corrected chi connectivity index (χ3v) is 4.78. The van der Waals surface area contributed by atoms with Crippen molar-refractivity contribution in [1.82, 2.24) is 24.9 Å². The van der Waals surface area contributed by atoms with Gasteiger partial charge in [0.1, 0.15) is 11.5 Å². The van der Waals surface area contributed by atoms with Crippen LogP contribution in [0.4, 0.5) is 4.39 Å². The van der Waals surface area contributed by atoms with E-state index in [2.05, 4.69) is 15.5 Å². The number of hydrogen-bond acceptors (Lipinski definition) is 3. The average Bonchev–Trinajstić information content (AvgIpc) is 3.42. The Kier molecular flexibility index (Phi) is 5.70.